The number of urea groups is 1. The Morgan fingerprint density at radius 2 is 2.05 bits per heavy atom. The fourth-order valence-electron chi connectivity index (χ4n) is 2.21. The van der Waals surface area contributed by atoms with Crippen LogP contribution in [0.2, 0.25) is 0 Å². The second-order valence-corrected chi connectivity index (χ2v) is 6.15. The summed E-state index contributed by atoms with van der Waals surface area (Å²) in [5.41, 5.74) is 4.89. The summed E-state index contributed by atoms with van der Waals surface area (Å²) >= 11 is 1.12. The van der Waals surface area contributed by atoms with Gasteiger partial charge in [-0.05, 0) is 19.8 Å². The third kappa shape index (κ3) is 3.96. The van der Waals surface area contributed by atoms with Crippen molar-refractivity contribution in [3.63, 3.8) is 0 Å². The van der Waals surface area contributed by atoms with Crippen LogP contribution in [0.25, 0.3) is 0 Å². The van der Waals surface area contributed by atoms with Crippen LogP contribution in [-0.2, 0) is 4.79 Å². The van der Waals surface area contributed by atoms with Gasteiger partial charge in [0.2, 0.25) is 11.8 Å². The summed E-state index contributed by atoms with van der Waals surface area (Å²) < 4.78 is 5.59. The lowest BCUT2D eigenvalue weighted by atomic mass is 9.89. The number of aromatic nitrogens is 2. The number of carbonyl (C=O) groups is 2. The summed E-state index contributed by atoms with van der Waals surface area (Å²) in [5.74, 6) is 0.509. The third-order valence-electron chi connectivity index (χ3n) is 3.27. The molecule has 0 aromatic carbocycles. The lowest BCUT2D eigenvalue weighted by molar-refractivity contribution is -0.119. The van der Waals surface area contributed by atoms with Gasteiger partial charge >= 0.3 is 6.03 Å². The summed E-state index contributed by atoms with van der Waals surface area (Å²) in [5, 5.41) is 9.84. The second kappa shape index (κ2) is 6.74. The van der Waals surface area contributed by atoms with Gasteiger partial charge in [0.15, 0.2) is 0 Å². The second-order valence-electron chi connectivity index (χ2n) is 4.85. The van der Waals surface area contributed by atoms with Gasteiger partial charge in [0.25, 0.3) is 5.22 Å². The highest BCUT2D eigenvalue weighted by molar-refractivity contribution is 8.00. The standard InChI is InChI=1S/C12H18N4O3S/c1-7(9(17)14-11(13)18)20-12-16-15-10(19-12)8-5-3-2-4-6-8/h7-8H,2-6H2,1H3,(H3,13,14,17,18)/t7-/m1/s1. The van der Waals surface area contributed by atoms with E-state index in [9.17, 15) is 9.59 Å². The Balaban J connectivity index is 1.91. The first kappa shape index (κ1) is 14.8. The van der Waals surface area contributed by atoms with Gasteiger partial charge in [-0.2, -0.15) is 0 Å². The molecular weight excluding hydrogens is 280 g/mol. The summed E-state index contributed by atoms with van der Waals surface area (Å²) in [6.45, 7) is 1.65. The number of nitrogens with two attached hydrogens (primary N) is 1. The van der Waals surface area contributed by atoms with Gasteiger partial charge in [-0.1, -0.05) is 31.0 Å². The van der Waals surface area contributed by atoms with E-state index in [4.69, 9.17) is 10.2 Å². The van der Waals surface area contributed by atoms with Crippen LogP contribution >= 0.6 is 11.8 Å². The van der Waals surface area contributed by atoms with Gasteiger partial charge < -0.3 is 10.2 Å². The zero-order valence-electron chi connectivity index (χ0n) is 11.3. The van der Waals surface area contributed by atoms with E-state index in [0.29, 0.717) is 17.0 Å². The highest BCUT2D eigenvalue weighted by atomic mass is 32.2. The van der Waals surface area contributed by atoms with E-state index in [2.05, 4.69) is 10.2 Å². The van der Waals surface area contributed by atoms with Gasteiger partial charge in [0.1, 0.15) is 0 Å². The lowest BCUT2D eigenvalue weighted by Gasteiger charge is -2.17. The van der Waals surface area contributed by atoms with Crippen LogP contribution in [0, 0.1) is 0 Å². The van der Waals surface area contributed by atoms with Gasteiger partial charge in [-0.15, -0.1) is 10.2 Å². The maximum Gasteiger partial charge on any atom is 0.318 e. The van der Waals surface area contributed by atoms with E-state index in [0.717, 1.165) is 24.6 Å². The summed E-state index contributed by atoms with van der Waals surface area (Å²) in [6, 6.07) is -0.865. The Kier molecular flexibility index (Phi) is 4.99. The quantitative estimate of drug-likeness (QED) is 0.820. The minimum absolute atomic E-state index is 0.334. The number of imide groups is 1. The van der Waals surface area contributed by atoms with Crippen molar-refractivity contribution in [3.05, 3.63) is 5.89 Å². The highest BCUT2D eigenvalue weighted by Gasteiger charge is 2.23. The molecule has 1 aromatic heterocycles. The van der Waals surface area contributed by atoms with Crippen LogP contribution in [0.4, 0.5) is 4.79 Å². The molecule has 0 unspecified atom stereocenters. The van der Waals surface area contributed by atoms with E-state index in [1.807, 2.05) is 5.32 Å². The number of hydrogen-bond donors (Lipinski definition) is 2. The number of rotatable bonds is 4. The van der Waals surface area contributed by atoms with Crippen molar-refractivity contribution >= 4 is 23.7 Å². The molecule has 20 heavy (non-hydrogen) atoms. The maximum atomic E-state index is 11.5. The van der Waals surface area contributed by atoms with Crippen LogP contribution in [0.5, 0.6) is 0 Å². The minimum atomic E-state index is -0.865. The van der Waals surface area contributed by atoms with E-state index >= 15 is 0 Å². The predicted octanol–water partition coefficient (Wildman–Crippen LogP) is 1.79. The third-order valence-corrected chi connectivity index (χ3v) is 4.20. The number of primary amides is 1. The maximum absolute atomic E-state index is 11.5. The number of thioether (sulfide) groups is 1. The van der Waals surface area contributed by atoms with Crippen molar-refractivity contribution < 1.29 is 14.0 Å². The van der Waals surface area contributed by atoms with Crippen molar-refractivity contribution in [3.8, 4) is 0 Å². The van der Waals surface area contributed by atoms with Crippen LogP contribution in [0.1, 0.15) is 50.8 Å². The van der Waals surface area contributed by atoms with Crippen LogP contribution in [-0.4, -0.2) is 27.4 Å². The van der Waals surface area contributed by atoms with Crippen LogP contribution in [0.15, 0.2) is 9.64 Å². The van der Waals surface area contributed by atoms with Crippen molar-refractivity contribution in [1.29, 1.82) is 0 Å². The molecule has 1 heterocycles. The molecule has 1 aliphatic carbocycles. The molecular formula is C12H18N4O3S. The largest absolute Gasteiger partial charge is 0.416 e. The SMILES string of the molecule is C[C@@H](Sc1nnc(C2CCCCC2)o1)C(=O)NC(N)=O. The molecule has 0 bridgehead atoms. The molecule has 3 N–H and O–H groups in total. The molecule has 0 spiro atoms. The highest BCUT2D eigenvalue weighted by Crippen LogP contribution is 2.33. The fourth-order valence-corrected chi connectivity index (χ4v) is 2.90. The number of hydrogen-bond acceptors (Lipinski definition) is 6. The first-order valence-electron chi connectivity index (χ1n) is 6.66. The molecule has 1 fully saturated rings. The average Bonchev–Trinajstić information content (AvgIpc) is 2.87. The Bertz CT molecular complexity index is 485. The Morgan fingerprint density at radius 1 is 1.35 bits per heavy atom. The molecule has 7 nitrogen and oxygen atoms in total. The van der Waals surface area contributed by atoms with Gasteiger partial charge in [0.05, 0.1) is 5.25 Å². The van der Waals surface area contributed by atoms with Crippen molar-refractivity contribution in [1.82, 2.24) is 15.5 Å². The lowest BCUT2D eigenvalue weighted by Crippen LogP contribution is -2.39. The predicted molar refractivity (Wildman–Crippen MR) is 73.2 cm³/mol. The summed E-state index contributed by atoms with van der Waals surface area (Å²) in [6.07, 6.45) is 5.78. The molecule has 8 heteroatoms. The zero-order valence-corrected chi connectivity index (χ0v) is 12.1. The summed E-state index contributed by atoms with van der Waals surface area (Å²) in [4.78, 5) is 22.2. The molecule has 1 saturated carbocycles. The van der Waals surface area contributed by atoms with Gasteiger partial charge in [-0.3, -0.25) is 10.1 Å². The first-order valence-corrected chi connectivity index (χ1v) is 7.54. The number of carbonyl (C=O) groups excluding carboxylic acids is 2. The smallest absolute Gasteiger partial charge is 0.318 e. The van der Waals surface area contributed by atoms with E-state index in [1.54, 1.807) is 6.92 Å². The minimum Gasteiger partial charge on any atom is -0.416 e. The van der Waals surface area contributed by atoms with E-state index in [1.165, 1.54) is 19.3 Å². The van der Waals surface area contributed by atoms with Crippen LogP contribution in [0.3, 0.4) is 0 Å². The zero-order chi connectivity index (χ0) is 14.5. The molecule has 3 amide bonds. The van der Waals surface area contributed by atoms with E-state index < -0.39 is 17.2 Å². The Labute approximate surface area is 121 Å². The van der Waals surface area contributed by atoms with Gasteiger partial charge in [0, 0.05) is 5.92 Å². The topological polar surface area (TPSA) is 111 Å². The first-order chi connectivity index (χ1) is 9.56. The number of nitrogens with one attached hydrogen (secondary N) is 1. The van der Waals surface area contributed by atoms with Crippen molar-refractivity contribution in [2.75, 3.05) is 0 Å². The van der Waals surface area contributed by atoms with Crippen molar-refractivity contribution in [2.24, 2.45) is 5.73 Å². The molecule has 0 radical (unpaired) electrons. The molecule has 1 atom stereocenters. The van der Waals surface area contributed by atoms with Crippen LogP contribution < -0.4 is 11.1 Å². The fraction of sp³-hybridized carbons (Fsp3) is 0.667. The normalized spacial score (nSPS) is 17.6. The average molecular weight is 298 g/mol. The molecule has 1 aliphatic rings. The number of amides is 3. The monoisotopic (exact) mass is 298 g/mol. The van der Waals surface area contributed by atoms with E-state index in [-0.39, 0.29) is 0 Å². The Morgan fingerprint density at radius 3 is 2.70 bits per heavy atom. The number of nitrogens with zero attached hydrogens (tertiary/aromatic N) is 2. The summed E-state index contributed by atoms with van der Waals surface area (Å²) in [7, 11) is 0. The molecule has 110 valence electrons. The molecule has 0 aliphatic heterocycles. The van der Waals surface area contributed by atoms with Gasteiger partial charge in [-0.25, -0.2) is 4.79 Å². The Hall–Kier alpha value is -1.57. The van der Waals surface area contributed by atoms with Crippen molar-refractivity contribution in [2.45, 2.75) is 55.4 Å². The molecule has 2 rings (SSSR count). The molecule has 1 aromatic rings. The molecule has 0 saturated heterocycles.